The highest BCUT2D eigenvalue weighted by Crippen LogP contribution is 2.20. The lowest BCUT2D eigenvalue weighted by molar-refractivity contribution is 0.102. The molecule has 2 rings (SSSR count). The zero-order chi connectivity index (χ0) is 15.6. The van der Waals surface area contributed by atoms with Gasteiger partial charge in [0, 0.05) is 11.1 Å². The highest BCUT2D eigenvalue weighted by Gasteiger charge is 2.11. The molecule has 0 heterocycles. The molecule has 0 spiro atoms. The van der Waals surface area contributed by atoms with Crippen LogP contribution in [0.3, 0.4) is 0 Å². The molecule has 4 nitrogen and oxygen atoms in total. The highest BCUT2D eigenvalue weighted by atomic mass is 32.1. The molecule has 108 valence electrons. The van der Waals surface area contributed by atoms with Crippen molar-refractivity contribution >= 4 is 28.8 Å². The smallest absolute Gasteiger partial charge is 0.255 e. The summed E-state index contributed by atoms with van der Waals surface area (Å²) in [7, 11) is 0. The number of rotatable bonds is 3. The van der Waals surface area contributed by atoms with E-state index in [2.05, 4.69) is 5.32 Å². The predicted molar refractivity (Wildman–Crippen MR) is 83.1 cm³/mol. The van der Waals surface area contributed by atoms with E-state index in [0.29, 0.717) is 11.1 Å². The molecule has 0 fully saturated rings. The normalized spacial score (nSPS) is 10.2. The summed E-state index contributed by atoms with van der Waals surface area (Å²) < 4.78 is 13.9. The van der Waals surface area contributed by atoms with Crippen LogP contribution < -0.4 is 11.1 Å². The average Bonchev–Trinajstić information content (AvgIpc) is 2.43. The minimum atomic E-state index is -0.634. The van der Waals surface area contributed by atoms with E-state index in [1.807, 2.05) is 0 Å². The van der Waals surface area contributed by atoms with Crippen molar-refractivity contribution in [1.82, 2.24) is 0 Å². The van der Waals surface area contributed by atoms with E-state index in [9.17, 15) is 14.3 Å². The summed E-state index contributed by atoms with van der Waals surface area (Å²) in [6.45, 7) is 1.71. The summed E-state index contributed by atoms with van der Waals surface area (Å²) in [5.74, 6) is -1.15. The Labute approximate surface area is 126 Å². The van der Waals surface area contributed by atoms with E-state index >= 15 is 0 Å². The quantitative estimate of drug-likeness (QED) is 0.762. The van der Waals surface area contributed by atoms with Gasteiger partial charge in [0.25, 0.3) is 5.91 Å². The maximum absolute atomic E-state index is 13.9. The number of nitrogens with one attached hydrogen (secondary N) is 1. The number of halogens is 1. The summed E-state index contributed by atoms with van der Waals surface area (Å²) in [6.07, 6.45) is 0. The fourth-order valence-electron chi connectivity index (χ4n) is 1.71. The molecule has 0 aliphatic carbocycles. The third kappa shape index (κ3) is 3.35. The van der Waals surface area contributed by atoms with Gasteiger partial charge in [-0.1, -0.05) is 18.3 Å². The molecule has 0 saturated heterocycles. The Balaban J connectivity index is 2.23. The zero-order valence-electron chi connectivity index (χ0n) is 11.2. The van der Waals surface area contributed by atoms with Crippen LogP contribution in [0.1, 0.15) is 21.5 Å². The van der Waals surface area contributed by atoms with E-state index in [-0.39, 0.29) is 22.0 Å². The molecule has 0 radical (unpaired) electrons. The highest BCUT2D eigenvalue weighted by molar-refractivity contribution is 7.80. The molecule has 0 unspecified atom stereocenters. The number of phenolic OH excluding ortho intramolecular Hbond substituents is 1. The van der Waals surface area contributed by atoms with E-state index in [4.69, 9.17) is 18.0 Å². The van der Waals surface area contributed by atoms with Gasteiger partial charge in [-0.15, -0.1) is 0 Å². The summed E-state index contributed by atoms with van der Waals surface area (Å²) in [6, 6.07) is 8.54. The molecule has 0 aromatic heterocycles. The summed E-state index contributed by atoms with van der Waals surface area (Å²) in [4.78, 5) is 12.1. The molecule has 1 amide bonds. The molecule has 0 atom stereocenters. The molecular weight excluding hydrogens is 291 g/mol. The Hall–Kier alpha value is -2.47. The molecule has 4 N–H and O–H groups in total. The van der Waals surface area contributed by atoms with Gasteiger partial charge in [-0.2, -0.15) is 0 Å². The van der Waals surface area contributed by atoms with Gasteiger partial charge in [0.05, 0.1) is 5.69 Å². The fourth-order valence-corrected chi connectivity index (χ4v) is 1.84. The summed E-state index contributed by atoms with van der Waals surface area (Å²) >= 11 is 4.75. The molecule has 2 aromatic rings. The third-order valence-corrected chi connectivity index (χ3v) is 3.21. The van der Waals surface area contributed by atoms with Gasteiger partial charge in [0.15, 0.2) is 0 Å². The van der Waals surface area contributed by atoms with E-state index in [0.717, 1.165) is 6.07 Å². The van der Waals surface area contributed by atoms with Crippen LogP contribution >= 0.6 is 12.2 Å². The van der Waals surface area contributed by atoms with Gasteiger partial charge >= 0.3 is 0 Å². The van der Waals surface area contributed by atoms with Crippen LogP contribution in [-0.2, 0) is 0 Å². The molecule has 0 aliphatic heterocycles. The van der Waals surface area contributed by atoms with Crippen molar-refractivity contribution in [1.29, 1.82) is 0 Å². The average molecular weight is 304 g/mol. The first-order valence-electron chi connectivity index (χ1n) is 6.09. The van der Waals surface area contributed by atoms with Crippen LogP contribution in [0, 0.1) is 12.7 Å². The number of anilines is 1. The van der Waals surface area contributed by atoms with Crippen LogP contribution in [0.15, 0.2) is 36.4 Å². The number of nitrogens with two attached hydrogens (primary N) is 1. The largest absolute Gasteiger partial charge is 0.508 e. The SMILES string of the molecule is Cc1ccc(C(=O)Nc2ccc(C(N)=S)cc2F)cc1O. The first-order chi connectivity index (χ1) is 9.88. The van der Waals surface area contributed by atoms with E-state index in [1.165, 1.54) is 18.2 Å². The minimum absolute atomic E-state index is 0.00644. The van der Waals surface area contributed by atoms with Gasteiger partial charge in [0.1, 0.15) is 16.6 Å². The van der Waals surface area contributed by atoms with Gasteiger partial charge in [-0.05, 0) is 42.8 Å². The first kappa shape index (κ1) is 14.9. The van der Waals surface area contributed by atoms with E-state index < -0.39 is 11.7 Å². The number of hydrogen-bond acceptors (Lipinski definition) is 3. The van der Waals surface area contributed by atoms with Crippen LogP contribution in [-0.4, -0.2) is 16.0 Å². The topological polar surface area (TPSA) is 75.4 Å². The van der Waals surface area contributed by atoms with Crippen molar-refractivity contribution < 1.29 is 14.3 Å². The van der Waals surface area contributed by atoms with E-state index in [1.54, 1.807) is 19.1 Å². The lowest BCUT2D eigenvalue weighted by Crippen LogP contribution is -2.14. The molecule has 2 aromatic carbocycles. The number of aromatic hydroxyl groups is 1. The Morgan fingerprint density at radius 1 is 1.24 bits per heavy atom. The molecule has 21 heavy (non-hydrogen) atoms. The van der Waals surface area contributed by atoms with Crippen molar-refractivity contribution in [2.45, 2.75) is 6.92 Å². The third-order valence-electron chi connectivity index (χ3n) is 2.97. The van der Waals surface area contributed by atoms with Crippen LogP contribution in [0.5, 0.6) is 5.75 Å². The number of aryl methyl sites for hydroxylation is 1. The van der Waals surface area contributed by atoms with Crippen LogP contribution in [0.2, 0.25) is 0 Å². The number of phenols is 1. The zero-order valence-corrected chi connectivity index (χ0v) is 12.0. The van der Waals surface area contributed by atoms with Crippen LogP contribution in [0.25, 0.3) is 0 Å². The predicted octanol–water partition coefficient (Wildman–Crippen LogP) is 2.73. The number of hydrogen-bond donors (Lipinski definition) is 3. The van der Waals surface area contributed by atoms with Crippen molar-refractivity contribution in [3.05, 3.63) is 58.9 Å². The second-order valence-electron chi connectivity index (χ2n) is 4.51. The maximum atomic E-state index is 13.9. The van der Waals surface area contributed by atoms with Gasteiger partial charge < -0.3 is 16.2 Å². The van der Waals surface area contributed by atoms with Crippen LogP contribution in [0.4, 0.5) is 10.1 Å². The van der Waals surface area contributed by atoms with Gasteiger partial charge in [0.2, 0.25) is 0 Å². The number of thiocarbonyl (C=S) groups is 1. The molecule has 0 aliphatic rings. The van der Waals surface area contributed by atoms with Crippen molar-refractivity contribution in [3.63, 3.8) is 0 Å². The first-order valence-corrected chi connectivity index (χ1v) is 6.49. The monoisotopic (exact) mass is 304 g/mol. The Kier molecular flexibility index (Phi) is 4.18. The number of amides is 1. The molecule has 6 heteroatoms. The molecule has 0 bridgehead atoms. The van der Waals surface area contributed by atoms with Gasteiger partial charge in [-0.3, -0.25) is 4.79 Å². The lowest BCUT2D eigenvalue weighted by atomic mass is 10.1. The second-order valence-corrected chi connectivity index (χ2v) is 4.95. The Bertz CT molecular complexity index is 732. The Morgan fingerprint density at radius 2 is 1.90 bits per heavy atom. The standard InChI is InChI=1S/C15H13FN2O2S/c1-8-2-3-10(7-13(8)19)15(20)18-12-5-4-9(14(17)21)6-11(12)16/h2-7,19H,1H3,(H2,17,21)(H,18,20). The van der Waals surface area contributed by atoms with Crippen molar-refractivity contribution in [2.75, 3.05) is 5.32 Å². The molecular formula is C15H13FN2O2S. The summed E-state index contributed by atoms with van der Waals surface area (Å²) in [5.41, 5.74) is 6.69. The lowest BCUT2D eigenvalue weighted by Gasteiger charge is -2.08. The van der Waals surface area contributed by atoms with Crippen molar-refractivity contribution in [2.24, 2.45) is 5.73 Å². The maximum Gasteiger partial charge on any atom is 0.255 e. The number of carbonyl (C=O) groups excluding carboxylic acids is 1. The number of benzene rings is 2. The van der Waals surface area contributed by atoms with Gasteiger partial charge in [-0.25, -0.2) is 4.39 Å². The minimum Gasteiger partial charge on any atom is -0.508 e. The fraction of sp³-hybridized carbons (Fsp3) is 0.0667. The second kappa shape index (κ2) is 5.88. The molecule has 0 saturated carbocycles. The Morgan fingerprint density at radius 3 is 2.48 bits per heavy atom. The van der Waals surface area contributed by atoms with Crippen molar-refractivity contribution in [3.8, 4) is 5.75 Å². The summed E-state index contributed by atoms with van der Waals surface area (Å²) in [5, 5.41) is 12.0. The number of carbonyl (C=O) groups is 1.